The molecule has 2 aliphatic carbocycles. The first-order valence-corrected chi connectivity index (χ1v) is 8.72. The number of carboxylic acid groups (broad SMARTS) is 1. The third-order valence-electron chi connectivity index (χ3n) is 4.85. The molecule has 3 unspecified atom stereocenters. The van der Waals surface area contributed by atoms with Crippen LogP contribution in [-0.2, 0) is 10.0 Å². The van der Waals surface area contributed by atoms with E-state index in [0.717, 1.165) is 19.3 Å². The van der Waals surface area contributed by atoms with Gasteiger partial charge in [0.1, 0.15) is 0 Å². The lowest BCUT2D eigenvalue weighted by Gasteiger charge is -2.23. The first-order chi connectivity index (χ1) is 9.88. The fraction of sp³-hybridized carbons (Fsp3) is 0.533. The molecule has 2 bridgehead atoms. The van der Waals surface area contributed by atoms with Crippen molar-refractivity contribution < 1.29 is 18.3 Å². The molecule has 2 aliphatic rings. The van der Waals surface area contributed by atoms with Gasteiger partial charge in [0.25, 0.3) is 0 Å². The number of hydrogen-bond acceptors (Lipinski definition) is 3. The molecule has 21 heavy (non-hydrogen) atoms. The largest absolute Gasteiger partial charge is 0.478 e. The highest BCUT2D eigenvalue weighted by atomic mass is 32.2. The van der Waals surface area contributed by atoms with Crippen molar-refractivity contribution in [1.29, 1.82) is 0 Å². The van der Waals surface area contributed by atoms with Crippen molar-refractivity contribution in [3.8, 4) is 0 Å². The van der Waals surface area contributed by atoms with E-state index in [0.29, 0.717) is 17.4 Å². The summed E-state index contributed by atoms with van der Waals surface area (Å²) < 4.78 is 27.9. The standard InChI is InChI=1S/C15H19NO4S/c1-9-12(15(17)18)3-2-4-14(9)21(19,20)16-13-8-10-5-6-11(13)7-10/h2-4,10-11,13,16H,5-8H2,1H3,(H,17,18). The highest BCUT2D eigenvalue weighted by Crippen LogP contribution is 2.44. The van der Waals surface area contributed by atoms with Gasteiger partial charge in [0.05, 0.1) is 10.5 Å². The van der Waals surface area contributed by atoms with Crippen LogP contribution in [-0.4, -0.2) is 25.5 Å². The molecule has 1 aromatic rings. The lowest BCUT2D eigenvalue weighted by molar-refractivity contribution is 0.0696. The number of nitrogens with one attached hydrogen (secondary N) is 1. The molecule has 3 rings (SSSR count). The fourth-order valence-electron chi connectivity index (χ4n) is 3.79. The average Bonchev–Trinajstić information content (AvgIpc) is 3.00. The topological polar surface area (TPSA) is 83.5 Å². The number of benzene rings is 1. The van der Waals surface area contributed by atoms with E-state index in [4.69, 9.17) is 5.11 Å². The summed E-state index contributed by atoms with van der Waals surface area (Å²) >= 11 is 0. The first-order valence-electron chi connectivity index (χ1n) is 7.23. The Morgan fingerprint density at radius 2 is 2.05 bits per heavy atom. The van der Waals surface area contributed by atoms with Crippen molar-refractivity contribution in [2.75, 3.05) is 0 Å². The average molecular weight is 309 g/mol. The summed E-state index contributed by atoms with van der Waals surface area (Å²) in [6.45, 7) is 1.54. The van der Waals surface area contributed by atoms with Crippen LogP contribution in [0, 0.1) is 18.8 Å². The Balaban J connectivity index is 1.88. The Labute approximate surface area is 124 Å². The summed E-state index contributed by atoms with van der Waals surface area (Å²) in [7, 11) is -3.67. The first kappa shape index (κ1) is 14.5. The highest BCUT2D eigenvalue weighted by Gasteiger charge is 2.41. The maximum Gasteiger partial charge on any atom is 0.335 e. The van der Waals surface area contributed by atoms with Gasteiger partial charge < -0.3 is 5.11 Å². The van der Waals surface area contributed by atoms with Crippen LogP contribution in [0.4, 0.5) is 0 Å². The Hall–Kier alpha value is -1.40. The van der Waals surface area contributed by atoms with Gasteiger partial charge >= 0.3 is 5.97 Å². The van der Waals surface area contributed by atoms with Crippen molar-refractivity contribution in [2.45, 2.75) is 43.5 Å². The molecular weight excluding hydrogens is 290 g/mol. The van der Waals surface area contributed by atoms with Gasteiger partial charge in [-0.1, -0.05) is 12.5 Å². The van der Waals surface area contributed by atoms with E-state index < -0.39 is 16.0 Å². The van der Waals surface area contributed by atoms with Gasteiger partial charge in [-0.2, -0.15) is 0 Å². The second-order valence-electron chi connectivity index (χ2n) is 6.14. The Kier molecular flexibility index (Phi) is 3.53. The molecule has 0 saturated heterocycles. The van der Waals surface area contributed by atoms with E-state index in [2.05, 4.69) is 4.72 Å². The number of hydrogen-bond donors (Lipinski definition) is 2. The summed E-state index contributed by atoms with van der Waals surface area (Å²) in [6.07, 6.45) is 4.31. The molecule has 0 aliphatic heterocycles. The maximum atomic E-state index is 12.6. The quantitative estimate of drug-likeness (QED) is 0.892. The molecule has 2 saturated carbocycles. The number of rotatable bonds is 4. The normalized spacial score (nSPS) is 28.0. The van der Waals surface area contributed by atoms with Crippen LogP contribution in [0.3, 0.4) is 0 Å². The lowest BCUT2D eigenvalue weighted by atomic mass is 9.96. The SMILES string of the molecule is Cc1c(C(=O)O)cccc1S(=O)(=O)NC1CC2CCC1C2. The van der Waals surface area contributed by atoms with E-state index in [9.17, 15) is 13.2 Å². The second-order valence-corrected chi connectivity index (χ2v) is 7.82. The monoisotopic (exact) mass is 309 g/mol. The third-order valence-corrected chi connectivity index (χ3v) is 6.48. The zero-order valence-electron chi connectivity index (χ0n) is 11.9. The molecule has 5 nitrogen and oxygen atoms in total. The summed E-state index contributed by atoms with van der Waals surface area (Å²) in [5.74, 6) is -0.0219. The van der Waals surface area contributed by atoms with Crippen molar-refractivity contribution in [2.24, 2.45) is 11.8 Å². The van der Waals surface area contributed by atoms with Crippen LogP contribution >= 0.6 is 0 Å². The van der Waals surface area contributed by atoms with Crippen molar-refractivity contribution in [3.05, 3.63) is 29.3 Å². The molecule has 1 aromatic carbocycles. The predicted molar refractivity (Wildman–Crippen MR) is 77.7 cm³/mol. The van der Waals surface area contributed by atoms with Gasteiger partial charge in [0.15, 0.2) is 0 Å². The minimum absolute atomic E-state index is 0.00151. The maximum absolute atomic E-state index is 12.6. The smallest absolute Gasteiger partial charge is 0.335 e. The van der Waals surface area contributed by atoms with Gasteiger partial charge in [0, 0.05) is 6.04 Å². The third kappa shape index (κ3) is 2.58. The summed E-state index contributed by atoms with van der Waals surface area (Å²) in [5.41, 5.74) is 0.325. The van der Waals surface area contributed by atoms with Crippen LogP contribution in [0.5, 0.6) is 0 Å². The van der Waals surface area contributed by atoms with Gasteiger partial charge in [-0.15, -0.1) is 0 Å². The van der Waals surface area contributed by atoms with Crippen LogP contribution in [0.25, 0.3) is 0 Å². The predicted octanol–water partition coefficient (Wildman–Crippen LogP) is 2.16. The molecule has 0 amide bonds. The molecule has 2 fully saturated rings. The van der Waals surface area contributed by atoms with Gasteiger partial charge in [-0.3, -0.25) is 0 Å². The second kappa shape index (κ2) is 5.10. The van der Waals surface area contributed by atoms with Crippen molar-refractivity contribution in [3.63, 3.8) is 0 Å². The summed E-state index contributed by atoms with van der Waals surface area (Å²) in [4.78, 5) is 11.2. The molecule has 2 N–H and O–H groups in total. The number of aromatic carboxylic acids is 1. The molecule has 0 radical (unpaired) electrons. The molecule has 114 valence electrons. The van der Waals surface area contributed by atoms with Crippen LogP contribution in [0.1, 0.15) is 41.6 Å². The molecular formula is C15H19NO4S. The van der Waals surface area contributed by atoms with Crippen LogP contribution in [0.15, 0.2) is 23.1 Å². The lowest BCUT2D eigenvalue weighted by Crippen LogP contribution is -2.38. The highest BCUT2D eigenvalue weighted by molar-refractivity contribution is 7.89. The molecule has 0 heterocycles. The number of sulfonamides is 1. The van der Waals surface area contributed by atoms with E-state index in [1.54, 1.807) is 6.92 Å². The van der Waals surface area contributed by atoms with E-state index in [-0.39, 0.29) is 16.5 Å². The molecule has 6 heteroatoms. The minimum Gasteiger partial charge on any atom is -0.478 e. The van der Waals surface area contributed by atoms with Crippen LogP contribution < -0.4 is 4.72 Å². The van der Waals surface area contributed by atoms with Gasteiger partial charge in [0.2, 0.25) is 10.0 Å². The van der Waals surface area contributed by atoms with E-state index in [1.165, 1.54) is 24.6 Å². The summed E-state index contributed by atoms with van der Waals surface area (Å²) in [5, 5.41) is 9.11. The van der Waals surface area contributed by atoms with E-state index >= 15 is 0 Å². The van der Waals surface area contributed by atoms with Crippen molar-refractivity contribution in [1.82, 2.24) is 4.72 Å². The number of carboxylic acids is 1. The number of carbonyl (C=O) groups is 1. The molecule has 3 atom stereocenters. The Bertz CT molecular complexity index is 683. The minimum atomic E-state index is -3.67. The van der Waals surface area contributed by atoms with Crippen molar-refractivity contribution >= 4 is 16.0 Å². The van der Waals surface area contributed by atoms with Crippen LogP contribution in [0.2, 0.25) is 0 Å². The van der Waals surface area contributed by atoms with Gasteiger partial charge in [-0.25, -0.2) is 17.9 Å². The summed E-state index contributed by atoms with van der Waals surface area (Å²) in [6, 6.07) is 4.37. The Morgan fingerprint density at radius 1 is 1.29 bits per heavy atom. The Morgan fingerprint density at radius 3 is 2.62 bits per heavy atom. The van der Waals surface area contributed by atoms with Gasteiger partial charge in [-0.05, 0) is 55.7 Å². The zero-order valence-corrected chi connectivity index (χ0v) is 12.7. The fourth-order valence-corrected chi connectivity index (χ4v) is 5.37. The number of fused-ring (bicyclic) bond motifs is 2. The zero-order chi connectivity index (χ0) is 15.2. The molecule has 0 aromatic heterocycles. The molecule has 0 spiro atoms. The van der Waals surface area contributed by atoms with E-state index in [1.807, 2.05) is 0 Å².